The first-order chi connectivity index (χ1) is 17.1. The van der Waals surface area contributed by atoms with Gasteiger partial charge in [0, 0.05) is 11.8 Å². The van der Waals surface area contributed by atoms with Crippen molar-refractivity contribution in [3.63, 3.8) is 0 Å². The second kappa shape index (κ2) is 10.4. The fraction of sp³-hybridized carbons (Fsp3) is 0.464. The van der Waals surface area contributed by atoms with Crippen LogP contribution in [0, 0.1) is 5.41 Å². The van der Waals surface area contributed by atoms with Gasteiger partial charge in [-0.1, -0.05) is 49.4 Å². The van der Waals surface area contributed by atoms with Gasteiger partial charge in [-0.15, -0.1) is 0 Å². The molecule has 0 spiro atoms. The molecule has 0 unspecified atom stereocenters. The van der Waals surface area contributed by atoms with E-state index in [1.807, 2.05) is 49.4 Å². The van der Waals surface area contributed by atoms with E-state index in [4.69, 9.17) is 10.5 Å². The highest BCUT2D eigenvalue weighted by molar-refractivity contribution is 5.97. The van der Waals surface area contributed by atoms with Gasteiger partial charge in [-0.3, -0.25) is 14.4 Å². The number of ether oxygens (including phenoxy) is 1. The zero-order valence-corrected chi connectivity index (χ0v) is 20.8. The Hall–Kier alpha value is -3.23. The molecule has 8 nitrogen and oxygen atoms in total. The van der Waals surface area contributed by atoms with Gasteiger partial charge >= 0.3 is 0 Å². The summed E-state index contributed by atoms with van der Waals surface area (Å²) in [5.41, 5.74) is 6.07. The summed E-state index contributed by atoms with van der Waals surface area (Å²) in [4.78, 5) is 39.7. The number of nitrogens with one attached hydrogen (secondary N) is 2. The van der Waals surface area contributed by atoms with Crippen molar-refractivity contribution >= 4 is 17.6 Å². The maximum absolute atomic E-state index is 13.5. The molecular formula is C28H35N3O5. The summed E-state index contributed by atoms with van der Waals surface area (Å²) in [6, 6.07) is 13.9. The molecule has 2 amide bonds. The molecule has 0 saturated heterocycles. The minimum atomic E-state index is -1.22. The Kier molecular flexibility index (Phi) is 7.47. The number of methoxy groups -OCH3 is 1. The molecule has 0 heterocycles. The zero-order chi connectivity index (χ0) is 25.9. The minimum absolute atomic E-state index is 0.00165. The van der Waals surface area contributed by atoms with Crippen LogP contribution in [0.1, 0.15) is 43.7 Å². The van der Waals surface area contributed by atoms with Crippen molar-refractivity contribution < 1.29 is 24.2 Å². The molecule has 2 fully saturated rings. The second-order valence-electron chi connectivity index (χ2n) is 10.4. The van der Waals surface area contributed by atoms with Gasteiger partial charge in [0.15, 0.2) is 5.78 Å². The number of aliphatic hydroxyl groups is 1. The van der Waals surface area contributed by atoms with E-state index < -0.39 is 41.0 Å². The van der Waals surface area contributed by atoms with E-state index in [0.717, 1.165) is 24.0 Å². The first-order valence-corrected chi connectivity index (χ1v) is 12.4. The van der Waals surface area contributed by atoms with E-state index in [2.05, 4.69) is 10.6 Å². The molecule has 8 heteroatoms. The largest absolute Gasteiger partial charge is 0.497 e. The molecule has 0 aromatic heterocycles. The van der Waals surface area contributed by atoms with Crippen LogP contribution >= 0.6 is 0 Å². The number of hydrogen-bond acceptors (Lipinski definition) is 6. The SMILES string of the molecule is COc1ccc(C[C@H](NC(=O)[C@@H](N)C2(O)CC2)C(=O)N[C@@H](Cc2ccccc2)C(=O)C2(C)CC2)cc1. The fourth-order valence-corrected chi connectivity index (χ4v) is 4.34. The van der Waals surface area contributed by atoms with Gasteiger partial charge in [0.25, 0.3) is 0 Å². The topological polar surface area (TPSA) is 131 Å². The molecule has 2 aliphatic rings. The Balaban J connectivity index is 1.53. The van der Waals surface area contributed by atoms with E-state index in [1.54, 1.807) is 19.2 Å². The molecule has 4 rings (SSSR count). The summed E-state index contributed by atoms with van der Waals surface area (Å²) in [7, 11) is 1.57. The van der Waals surface area contributed by atoms with Crippen molar-refractivity contribution in [2.24, 2.45) is 11.1 Å². The van der Waals surface area contributed by atoms with Gasteiger partial charge in [-0.05, 0) is 55.4 Å². The van der Waals surface area contributed by atoms with E-state index in [1.165, 1.54) is 0 Å². The number of Topliss-reactive ketones (excluding diaryl/α,β-unsaturated/α-hetero) is 1. The summed E-state index contributed by atoms with van der Waals surface area (Å²) in [5.74, 6) is -0.386. The van der Waals surface area contributed by atoms with E-state index in [0.29, 0.717) is 25.0 Å². The molecule has 2 aromatic rings. The second-order valence-corrected chi connectivity index (χ2v) is 10.4. The standard InChI is InChI=1S/C28H35N3O5/c1-27(12-13-27)24(32)21(16-18-6-4-3-5-7-18)30-25(33)22(17-19-8-10-20(36-2)11-9-19)31-26(34)23(29)28(35)14-15-28/h3-11,21-23,35H,12-17,29H2,1-2H3,(H,30,33)(H,31,34)/t21-,22-,23+/m0/s1. The molecule has 192 valence electrons. The molecule has 2 aromatic carbocycles. The Morgan fingerprint density at radius 1 is 0.889 bits per heavy atom. The maximum atomic E-state index is 13.5. The van der Waals surface area contributed by atoms with Crippen LogP contribution < -0.4 is 21.1 Å². The van der Waals surface area contributed by atoms with Crippen molar-refractivity contribution in [2.75, 3.05) is 7.11 Å². The fourth-order valence-electron chi connectivity index (χ4n) is 4.34. The molecule has 0 radical (unpaired) electrons. The van der Waals surface area contributed by atoms with Gasteiger partial charge in [0.2, 0.25) is 11.8 Å². The van der Waals surface area contributed by atoms with Crippen molar-refractivity contribution in [3.8, 4) is 5.75 Å². The van der Waals surface area contributed by atoms with Crippen molar-refractivity contribution in [2.45, 2.75) is 69.2 Å². The lowest BCUT2D eigenvalue weighted by atomic mass is 9.92. The number of benzene rings is 2. The van der Waals surface area contributed by atoms with Crippen LogP contribution in [0.4, 0.5) is 0 Å². The highest BCUT2D eigenvalue weighted by atomic mass is 16.5. The third-order valence-corrected chi connectivity index (χ3v) is 7.37. The van der Waals surface area contributed by atoms with Crippen LogP contribution in [0.5, 0.6) is 5.75 Å². The quantitative estimate of drug-likeness (QED) is 0.356. The number of carbonyl (C=O) groups is 3. The number of hydrogen-bond donors (Lipinski definition) is 4. The van der Waals surface area contributed by atoms with Crippen molar-refractivity contribution in [3.05, 3.63) is 65.7 Å². The van der Waals surface area contributed by atoms with Crippen molar-refractivity contribution in [1.29, 1.82) is 0 Å². The normalized spacial score (nSPS) is 19.3. The maximum Gasteiger partial charge on any atom is 0.243 e. The van der Waals surface area contributed by atoms with Crippen LogP contribution in [-0.2, 0) is 27.2 Å². The van der Waals surface area contributed by atoms with Gasteiger partial charge in [-0.2, -0.15) is 0 Å². The zero-order valence-electron chi connectivity index (χ0n) is 20.8. The average molecular weight is 494 g/mol. The van der Waals surface area contributed by atoms with E-state index in [9.17, 15) is 19.5 Å². The van der Waals surface area contributed by atoms with E-state index >= 15 is 0 Å². The Bertz CT molecular complexity index is 1090. The first-order valence-electron chi connectivity index (χ1n) is 12.4. The molecule has 0 bridgehead atoms. The lowest BCUT2D eigenvalue weighted by Crippen LogP contribution is -2.58. The van der Waals surface area contributed by atoms with Gasteiger partial charge in [-0.25, -0.2) is 0 Å². The van der Waals surface area contributed by atoms with Gasteiger partial charge < -0.3 is 26.2 Å². The van der Waals surface area contributed by atoms with Gasteiger partial charge in [0.1, 0.15) is 17.8 Å². The summed E-state index contributed by atoms with van der Waals surface area (Å²) in [6.07, 6.45) is 3.05. The smallest absolute Gasteiger partial charge is 0.243 e. The highest BCUT2D eigenvalue weighted by Crippen LogP contribution is 2.46. The molecule has 2 saturated carbocycles. The first kappa shape index (κ1) is 25.9. The molecule has 3 atom stereocenters. The number of rotatable bonds is 12. The third kappa shape index (κ3) is 6.12. The van der Waals surface area contributed by atoms with Gasteiger partial charge in [0.05, 0.1) is 18.8 Å². The molecule has 0 aliphatic heterocycles. The minimum Gasteiger partial charge on any atom is -0.497 e. The number of amides is 2. The third-order valence-electron chi connectivity index (χ3n) is 7.37. The molecular weight excluding hydrogens is 458 g/mol. The predicted molar refractivity (Wildman–Crippen MR) is 135 cm³/mol. The molecule has 2 aliphatic carbocycles. The van der Waals surface area contributed by atoms with Crippen LogP contribution in [0.2, 0.25) is 0 Å². The van der Waals surface area contributed by atoms with Crippen LogP contribution in [0.3, 0.4) is 0 Å². The number of ketones is 1. The average Bonchev–Trinajstić information content (AvgIpc) is 3.82. The lowest BCUT2D eigenvalue weighted by Gasteiger charge is -2.26. The molecule has 5 N–H and O–H groups in total. The van der Waals surface area contributed by atoms with Crippen LogP contribution in [0.15, 0.2) is 54.6 Å². The van der Waals surface area contributed by atoms with E-state index in [-0.39, 0.29) is 12.2 Å². The predicted octanol–water partition coefficient (Wildman–Crippen LogP) is 1.67. The molecule has 36 heavy (non-hydrogen) atoms. The Morgan fingerprint density at radius 3 is 2.00 bits per heavy atom. The lowest BCUT2D eigenvalue weighted by molar-refractivity contribution is -0.134. The highest BCUT2D eigenvalue weighted by Gasteiger charge is 2.50. The van der Waals surface area contributed by atoms with Crippen molar-refractivity contribution in [1.82, 2.24) is 10.6 Å². The number of carbonyl (C=O) groups excluding carboxylic acids is 3. The summed E-state index contributed by atoms with van der Waals surface area (Å²) < 4.78 is 5.20. The summed E-state index contributed by atoms with van der Waals surface area (Å²) >= 11 is 0. The van der Waals surface area contributed by atoms with Crippen LogP contribution in [0.25, 0.3) is 0 Å². The number of nitrogens with two attached hydrogens (primary N) is 1. The Morgan fingerprint density at radius 2 is 1.44 bits per heavy atom. The van der Waals surface area contributed by atoms with Crippen LogP contribution in [-0.4, -0.2) is 53.5 Å². The summed E-state index contributed by atoms with van der Waals surface area (Å²) in [5, 5.41) is 15.9. The monoisotopic (exact) mass is 493 g/mol. The Labute approximate surface area is 211 Å². The summed E-state index contributed by atoms with van der Waals surface area (Å²) in [6.45, 7) is 1.92.